The van der Waals surface area contributed by atoms with Crippen LogP contribution in [0.2, 0.25) is 0 Å². The number of halogens is 3. The Labute approximate surface area is 100.0 Å². The minimum atomic E-state index is -4.35. The van der Waals surface area contributed by atoms with Gasteiger partial charge in [0, 0.05) is 12.6 Å². The Balaban J connectivity index is 4.65. The minimum Gasteiger partial charge on any atom is -0.393 e. The van der Waals surface area contributed by atoms with Crippen molar-refractivity contribution in [1.82, 2.24) is 4.90 Å². The van der Waals surface area contributed by atoms with Crippen molar-refractivity contribution in [1.29, 1.82) is 0 Å². The van der Waals surface area contributed by atoms with Gasteiger partial charge in [-0.1, -0.05) is 19.1 Å². The van der Waals surface area contributed by atoms with E-state index in [1.165, 1.54) is 0 Å². The van der Waals surface area contributed by atoms with Crippen LogP contribution >= 0.6 is 12.2 Å². The molecule has 0 fully saturated rings. The van der Waals surface area contributed by atoms with E-state index in [0.717, 1.165) is 6.42 Å². The van der Waals surface area contributed by atoms with Crippen molar-refractivity contribution in [2.75, 3.05) is 13.1 Å². The van der Waals surface area contributed by atoms with E-state index < -0.39 is 17.1 Å². The van der Waals surface area contributed by atoms with Crippen LogP contribution in [0.25, 0.3) is 0 Å². The number of alkyl halides is 3. The largest absolute Gasteiger partial charge is 0.399 e. The van der Waals surface area contributed by atoms with Crippen molar-refractivity contribution in [3.63, 3.8) is 0 Å². The van der Waals surface area contributed by atoms with Crippen LogP contribution in [0.5, 0.6) is 0 Å². The van der Waals surface area contributed by atoms with Gasteiger partial charge in [-0.2, -0.15) is 13.2 Å². The van der Waals surface area contributed by atoms with Gasteiger partial charge in [-0.25, -0.2) is 0 Å². The average molecular weight is 256 g/mol. The summed E-state index contributed by atoms with van der Waals surface area (Å²) in [7, 11) is 0. The van der Waals surface area contributed by atoms with Crippen molar-refractivity contribution in [2.45, 2.75) is 39.4 Å². The first-order valence-corrected chi connectivity index (χ1v) is 5.71. The topological polar surface area (TPSA) is 29.3 Å². The van der Waals surface area contributed by atoms with Crippen LogP contribution in [-0.4, -0.2) is 35.2 Å². The second kappa shape index (κ2) is 6.39. The van der Waals surface area contributed by atoms with Gasteiger partial charge < -0.3 is 5.73 Å². The molecule has 0 aromatic rings. The van der Waals surface area contributed by atoms with Gasteiger partial charge in [0.2, 0.25) is 0 Å². The van der Waals surface area contributed by atoms with Crippen LogP contribution in [0.3, 0.4) is 0 Å². The summed E-state index contributed by atoms with van der Waals surface area (Å²) in [6.45, 7) is 6.13. The maximum absolute atomic E-state index is 12.6. The van der Waals surface area contributed by atoms with Crippen molar-refractivity contribution >= 4 is 17.2 Å². The summed E-state index contributed by atoms with van der Waals surface area (Å²) in [5.74, 6) is -1.71. The number of nitrogens with zero attached hydrogens (tertiary/aromatic N) is 1. The summed E-state index contributed by atoms with van der Waals surface area (Å²) >= 11 is 4.49. The highest BCUT2D eigenvalue weighted by atomic mass is 32.1. The van der Waals surface area contributed by atoms with Gasteiger partial charge in [-0.05, 0) is 26.8 Å². The quantitative estimate of drug-likeness (QED) is 0.741. The van der Waals surface area contributed by atoms with E-state index in [4.69, 9.17) is 5.73 Å². The van der Waals surface area contributed by atoms with Crippen LogP contribution in [0, 0.1) is 5.92 Å². The summed E-state index contributed by atoms with van der Waals surface area (Å²) < 4.78 is 37.9. The molecule has 0 saturated carbocycles. The van der Waals surface area contributed by atoms with Crippen molar-refractivity contribution in [2.24, 2.45) is 11.7 Å². The highest BCUT2D eigenvalue weighted by Crippen LogP contribution is 2.27. The first-order chi connectivity index (χ1) is 7.20. The molecule has 1 unspecified atom stereocenters. The molecule has 0 bridgehead atoms. The van der Waals surface area contributed by atoms with Crippen LogP contribution in [0.4, 0.5) is 13.2 Å². The van der Waals surface area contributed by atoms with Crippen LogP contribution < -0.4 is 5.73 Å². The molecule has 0 aromatic heterocycles. The predicted octanol–water partition coefficient (Wildman–Crippen LogP) is 2.57. The van der Waals surface area contributed by atoms with E-state index in [1.54, 1.807) is 4.90 Å². The Morgan fingerprint density at radius 1 is 1.38 bits per heavy atom. The van der Waals surface area contributed by atoms with E-state index in [2.05, 4.69) is 12.2 Å². The monoisotopic (exact) mass is 256 g/mol. The smallest absolute Gasteiger partial charge is 0.393 e. The molecule has 0 aliphatic heterocycles. The Morgan fingerprint density at radius 3 is 2.12 bits per heavy atom. The molecule has 0 aliphatic carbocycles. The maximum atomic E-state index is 12.6. The molecule has 0 saturated heterocycles. The lowest BCUT2D eigenvalue weighted by molar-refractivity contribution is -0.160. The highest BCUT2D eigenvalue weighted by Gasteiger charge is 2.42. The van der Waals surface area contributed by atoms with Crippen molar-refractivity contribution in [3.8, 4) is 0 Å². The molecule has 0 aromatic carbocycles. The fraction of sp³-hybridized carbons (Fsp3) is 0.900. The van der Waals surface area contributed by atoms with Crippen molar-refractivity contribution in [3.05, 3.63) is 0 Å². The third kappa shape index (κ3) is 5.12. The molecule has 0 spiro atoms. The Morgan fingerprint density at radius 2 is 1.88 bits per heavy atom. The number of nitrogens with two attached hydrogens (primary N) is 1. The zero-order valence-corrected chi connectivity index (χ0v) is 10.7. The molecule has 2 nitrogen and oxygen atoms in total. The van der Waals surface area contributed by atoms with Gasteiger partial charge in [0.1, 0.15) is 5.92 Å². The summed E-state index contributed by atoms with van der Waals surface area (Å²) in [6.07, 6.45) is -3.55. The molecule has 0 amide bonds. The zero-order chi connectivity index (χ0) is 12.9. The molecule has 6 heteroatoms. The van der Waals surface area contributed by atoms with E-state index in [-0.39, 0.29) is 12.6 Å². The third-order valence-corrected chi connectivity index (χ3v) is 2.68. The van der Waals surface area contributed by atoms with E-state index >= 15 is 0 Å². The number of hydrogen-bond donors (Lipinski definition) is 1. The zero-order valence-electron chi connectivity index (χ0n) is 9.84. The Kier molecular flexibility index (Phi) is 6.25. The Bertz CT molecular complexity index is 229. The second-order valence-corrected chi connectivity index (χ2v) is 4.56. The van der Waals surface area contributed by atoms with Crippen molar-refractivity contribution < 1.29 is 13.2 Å². The molecule has 0 heterocycles. The third-order valence-electron chi connectivity index (χ3n) is 2.40. The van der Waals surface area contributed by atoms with Crippen LogP contribution in [0.1, 0.15) is 27.2 Å². The van der Waals surface area contributed by atoms with Crippen LogP contribution in [-0.2, 0) is 0 Å². The highest BCUT2D eigenvalue weighted by molar-refractivity contribution is 7.80. The molecule has 16 heavy (non-hydrogen) atoms. The summed E-state index contributed by atoms with van der Waals surface area (Å²) in [4.78, 5) is 1.27. The Hall–Kier alpha value is -0.360. The number of hydrogen-bond acceptors (Lipinski definition) is 2. The molecule has 0 radical (unpaired) electrons. The molecule has 0 rings (SSSR count). The lowest BCUT2D eigenvalue weighted by atomic mass is 10.1. The molecule has 0 aliphatic rings. The second-order valence-electron chi connectivity index (χ2n) is 4.09. The molecular formula is C10H19F3N2S. The van der Waals surface area contributed by atoms with Crippen LogP contribution in [0.15, 0.2) is 0 Å². The average Bonchev–Trinajstić information content (AvgIpc) is 2.08. The predicted molar refractivity (Wildman–Crippen MR) is 63.3 cm³/mol. The maximum Gasteiger partial charge on any atom is 0.399 e. The molecular weight excluding hydrogens is 237 g/mol. The number of thiocarbonyl (C=S) groups is 1. The summed E-state index contributed by atoms with van der Waals surface area (Å²) in [6, 6.07) is 0.0548. The van der Waals surface area contributed by atoms with E-state index in [9.17, 15) is 13.2 Å². The SMILES string of the molecule is CCCN(CC(C(N)=S)C(F)(F)F)C(C)C. The van der Waals surface area contributed by atoms with Gasteiger partial charge in [0.25, 0.3) is 0 Å². The lowest BCUT2D eigenvalue weighted by Gasteiger charge is -2.30. The first kappa shape index (κ1) is 15.6. The van der Waals surface area contributed by atoms with Gasteiger partial charge in [-0.3, -0.25) is 4.90 Å². The van der Waals surface area contributed by atoms with Gasteiger partial charge in [0.05, 0.1) is 4.99 Å². The van der Waals surface area contributed by atoms with Gasteiger partial charge in [-0.15, -0.1) is 0 Å². The fourth-order valence-electron chi connectivity index (χ4n) is 1.44. The fourth-order valence-corrected chi connectivity index (χ4v) is 1.64. The van der Waals surface area contributed by atoms with Gasteiger partial charge in [0.15, 0.2) is 0 Å². The molecule has 1 atom stereocenters. The lowest BCUT2D eigenvalue weighted by Crippen LogP contribution is -2.45. The number of rotatable bonds is 6. The standard InChI is InChI=1S/C10H19F3N2S/c1-4-5-15(7(2)3)6-8(9(14)16)10(11,12)13/h7-8H,4-6H2,1-3H3,(H2,14,16). The van der Waals surface area contributed by atoms with E-state index in [0.29, 0.717) is 6.54 Å². The summed E-state index contributed by atoms with van der Waals surface area (Å²) in [5.41, 5.74) is 5.15. The molecule has 2 N–H and O–H groups in total. The molecule has 96 valence electrons. The van der Waals surface area contributed by atoms with Gasteiger partial charge >= 0.3 is 6.18 Å². The normalized spacial score (nSPS) is 14.5. The summed E-state index contributed by atoms with van der Waals surface area (Å²) in [5, 5.41) is 0. The first-order valence-electron chi connectivity index (χ1n) is 5.30. The minimum absolute atomic E-state index is 0.0548. The van der Waals surface area contributed by atoms with E-state index in [1.807, 2.05) is 20.8 Å².